The number of amides is 4. The number of aliphatic hydroxyl groups excluding tert-OH is 1. The maximum atomic E-state index is 13.2. The minimum absolute atomic E-state index is 0.115. The molecule has 4 amide bonds. The molecule has 0 unspecified atom stereocenters. The minimum Gasteiger partial charge on any atom is -0.457 e. The summed E-state index contributed by atoms with van der Waals surface area (Å²) in [6.45, 7) is 1.92. The van der Waals surface area contributed by atoms with E-state index in [1.165, 1.54) is 27.7 Å². The Morgan fingerprint density at radius 2 is 1.85 bits per heavy atom. The lowest BCUT2D eigenvalue weighted by Crippen LogP contribution is -2.58. The first-order valence-corrected chi connectivity index (χ1v) is 15.3. The third-order valence-electron chi connectivity index (χ3n) is 5.95. The molecule has 2 bridgehead atoms. The Morgan fingerprint density at radius 1 is 1.12 bits per heavy atom. The van der Waals surface area contributed by atoms with Gasteiger partial charge in [0.2, 0.25) is 23.6 Å². The van der Waals surface area contributed by atoms with E-state index in [2.05, 4.69) is 16.0 Å². The monoisotopic (exact) mass is 612 g/mol. The molecule has 16 heteroatoms. The molecular formula is C24H35F3N4O7S2. The highest BCUT2D eigenvalue weighted by atomic mass is 33.1. The molecule has 2 rings (SSSR count). The first-order valence-electron chi connectivity index (χ1n) is 12.8. The number of alkyl halides is 3. The third kappa shape index (κ3) is 12.4. The van der Waals surface area contributed by atoms with E-state index in [-0.39, 0.29) is 18.1 Å². The van der Waals surface area contributed by atoms with Crippen molar-refractivity contribution in [3.8, 4) is 0 Å². The fourth-order valence-corrected chi connectivity index (χ4v) is 6.05. The van der Waals surface area contributed by atoms with Crippen LogP contribution in [0.3, 0.4) is 0 Å². The number of carbonyl (C=O) groups is 5. The molecule has 40 heavy (non-hydrogen) atoms. The quantitative estimate of drug-likeness (QED) is 0.173. The molecule has 0 aromatic rings. The first kappa shape index (κ1) is 33.7. The van der Waals surface area contributed by atoms with Crippen LogP contribution in [0.4, 0.5) is 13.2 Å². The van der Waals surface area contributed by atoms with Crippen molar-refractivity contribution in [3.05, 3.63) is 12.2 Å². The number of aliphatic hydroxyl groups is 1. The second-order valence-corrected chi connectivity index (χ2v) is 12.3. The van der Waals surface area contributed by atoms with Crippen molar-refractivity contribution in [2.75, 3.05) is 18.1 Å². The van der Waals surface area contributed by atoms with Gasteiger partial charge in [-0.05, 0) is 24.8 Å². The zero-order valence-electron chi connectivity index (χ0n) is 22.1. The lowest BCUT2D eigenvalue weighted by atomic mass is 9.96. The van der Waals surface area contributed by atoms with Crippen molar-refractivity contribution in [1.29, 1.82) is 0 Å². The maximum absolute atomic E-state index is 13.2. The van der Waals surface area contributed by atoms with Gasteiger partial charge in [-0.1, -0.05) is 41.5 Å². The number of ether oxygens (including phenoxy) is 1. The molecule has 0 spiro atoms. The van der Waals surface area contributed by atoms with Gasteiger partial charge in [-0.25, -0.2) is 0 Å². The molecule has 0 saturated carbocycles. The van der Waals surface area contributed by atoms with Gasteiger partial charge in [0.1, 0.15) is 24.7 Å². The highest BCUT2D eigenvalue weighted by molar-refractivity contribution is 8.76. The molecule has 5 atom stereocenters. The predicted molar refractivity (Wildman–Crippen MR) is 143 cm³/mol. The van der Waals surface area contributed by atoms with E-state index in [1.54, 1.807) is 25.2 Å². The Bertz CT molecular complexity index is 952. The fourth-order valence-electron chi connectivity index (χ4n) is 3.90. The van der Waals surface area contributed by atoms with Crippen LogP contribution in [0.25, 0.3) is 0 Å². The largest absolute Gasteiger partial charge is 0.457 e. The van der Waals surface area contributed by atoms with E-state index in [1.807, 2.05) is 0 Å². The molecule has 226 valence electrons. The lowest BCUT2D eigenvalue weighted by molar-refractivity contribution is -0.151. The van der Waals surface area contributed by atoms with Crippen molar-refractivity contribution in [2.45, 2.75) is 82.5 Å². The van der Waals surface area contributed by atoms with Gasteiger partial charge in [0.25, 0.3) is 0 Å². The number of nitrogens with one attached hydrogen (secondary N) is 4. The number of fused-ring (bicyclic) bond motifs is 7. The molecule has 11 nitrogen and oxygen atoms in total. The Balaban J connectivity index is 2.38. The normalized spacial score (nSPS) is 28.6. The SMILES string of the molecule is CC(C)[C@H]1NC(=O)[C@@H]2CSSCC/C=C/[C@H](CC(=O)N[C@H](CCC(=O)NCC(F)(F)F)C(=O)N2)OC(=O)C[C@@H]1O. The summed E-state index contributed by atoms with van der Waals surface area (Å²) in [4.78, 5) is 63.9. The van der Waals surface area contributed by atoms with Gasteiger partial charge in [0.15, 0.2) is 0 Å². The van der Waals surface area contributed by atoms with Crippen molar-refractivity contribution in [2.24, 2.45) is 5.92 Å². The number of halogens is 3. The van der Waals surface area contributed by atoms with Crippen LogP contribution < -0.4 is 21.3 Å². The van der Waals surface area contributed by atoms with E-state index in [0.29, 0.717) is 12.2 Å². The van der Waals surface area contributed by atoms with Crippen LogP contribution in [0.15, 0.2) is 12.2 Å². The smallest absolute Gasteiger partial charge is 0.405 e. The van der Waals surface area contributed by atoms with Gasteiger partial charge in [-0.3, -0.25) is 24.0 Å². The molecule has 0 radical (unpaired) electrons. The molecule has 1 fully saturated rings. The molecule has 1 saturated heterocycles. The Morgan fingerprint density at radius 3 is 2.52 bits per heavy atom. The molecular weight excluding hydrogens is 577 g/mol. The zero-order chi connectivity index (χ0) is 29.9. The minimum atomic E-state index is -4.62. The van der Waals surface area contributed by atoms with Crippen LogP contribution in [0.5, 0.6) is 0 Å². The Kier molecular flexibility index (Phi) is 13.6. The maximum Gasteiger partial charge on any atom is 0.405 e. The summed E-state index contributed by atoms with van der Waals surface area (Å²) >= 11 is 0. The summed E-state index contributed by atoms with van der Waals surface area (Å²) in [6, 6.07) is -3.36. The average Bonchev–Trinajstić information content (AvgIpc) is 2.85. The van der Waals surface area contributed by atoms with Gasteiger partial charge in [0, 0.05) is 17.9 Å². The summed E-state index contributed by atoms with van der Waals surface area (Å²) in [7, 11) is 2.75. The second kappa shape index (κ2) is 16.1. The topological polar surface area (TPSA) is 163 Å². The molecule has 2 aliphatic heterocycles. The molecule has 2 heterocycles. The van der Waals surface area contributed by atoms with Gasteiger partial charge < -0.3 is 31.1 Å². The summed E-state index contributed by atoms with van der Waals surface area (Å²) in [6.07, 6.45) is -4.86. The van der Waals surface area contributed by atoms with Gasteiger partial charge in [0.05, 0.1) is 25.0 Å². The Hall–Kier alpha value is -2.46. The molecule has 5 N–H and O–H groups in total. The van der Waals surface area contributed by atoms with Gasteiger partial charge in [-0.2, -0.15) is 13.2 Å². The lowest BCUT2D eigenvalue weighted by Gasteiger charge is -2.29. The second-order valence-electron chi connectivity index (χ2n) is 9.72. The van der Waals surface area contributed by atoms with E-state index in [4.69, 9.17) is 4.74 Å². The predicted octanol–water partition coefficient (Wildman–Crippen LogP) is 0.963. The number of hydrogen-bond donors (Lipinski definition) is 5. The van der Waals surface area contributed by atoms with Gasteiger partial charge >= 0.3 is 12.1 Å². The van der Waals surface area contributed by atoms with E-state index in [9.17, 15) is 42.3 Å². The summed E-state index contributed by atoms with van der Waals surface area (Å²) in [5, 5.41) is 20.1. The van der Waals surface area contributed by atoms with Crippen LogP contribution in [-0.4, -0.2) is 89.3 Å². The number of esters is 1. The number of hydrogen-bond acceptors (Lipinski definition) is 9. The highest BCUT2D eigenvalue weighted by Crippen LogP contribution is 2.24. The number of rotatable bonds is 5. The zero-order valence-corrected chi connectivity index (χ0v) is 23.8. The van der Waals surface area contributed by atoms with E-state index >= 15 is 0 Å². The van der Waals surface area contributed by atoms with Crippen LogP contribution in [0.2, 0.25) is 0 Å². The van der Waals surface area contributed by atoms with Crippen LogP contribution in [-0.2, 0) is 28.7 Å². The first-order chi connectivity index (χ1) is 18.7. The van der Waals surface area contributed by atoms with Crippen molar-refractivity contribution in [3.63, 3.8) is 0 Å². The summed E-state index contributed by atoms with van der Waals surface area (Å²) < 4.78 is 42.8. The number of carbonyl (C=O) groups excluding carboxylic acids is 5. The third-order valence-corrected chi connectivity index (χ3v) is 8.40. The van der Waals surface area contributed by atoms with Crippen molar-refractivity contribution >= 4 is 51.2 Å². The van der Waals surface area contributed by atoms with Crippen LogP contribution >= 0.6 is 21.6 Å². The van der Waals surface area contributed by atoms with E-state index in [0.717, 1.165) is 0 Å². The average molecular weight is 613 g/mol. The number of allylic oxidation sites excluding steroid dienone is 1. The van der Waals surface area contributed by atoms with Crippen LogP contribution in [0.1, 0.15) is 46.0 Å². The molecule has 0 aliphatic carbocycles. The summed E-state index contributed by atoms with van der Waals surface area (Å²) in [5.41, 5.74) is 0. The standard InChI is InChI=1S/C24H35F3N4O7S2/c1-13(2)21-17(32)10-20(35)38-14-5-3-4-8-39-40-11-16(23(37)31-21)30-22(36)15(29-19(34)9-14)6-7-18(33)28-12-24(25,26)27/h3,5,13-17,21,32H,4,6-12H2,1-2H3,(H,28,33)(H,29,34)(H,30,36)(H,31,37)/b5-3+/t14-,15-,16+,17+,21-/m1/s1. The fraction of sp³-hybridized carbons (Fsp3) is 0.708. The molecule has 2 aliphatic rings. The molecule has 0 aromatic carbocycles. The van der Waals surface area contributed by atoms with E-state index < -0.39 is 91.9 Å². The van der Waals surface area contributed by atoms with Gasteiger partial charge in [-0.15, -0.1) is 0 Å². The van der Waals surface area contributed by atoms with Crippen molar-refractivity contribution in [1.82, 2.24) is 21.3 Å². The summed E-state index contributed by atoms with van der Waals surface area (Å²) in [5.74, 6) is -3.53. The Labute approximate surface area is 237 Å². The van der Waals surface area contributed by atoms with Crippen molar-refractivity contribution < 1.29 is 47.0 Å². The highest BCUT2D eigenvalue weighted by Gasteiger charge is 2.34. The molecule has 0 aromatic heterocycles. The van der Waals surface area contributed by atoms with Crippen LogP contribution in [0, 0.1) is 5.92 Å².